The van der Waals surface area contributed by atoms with Gasteiger partial charge in [-0.3, -0.25) is 0 Å². The van der Waals surface area contributed by atoms with Crippen molar-refractivity contribution < 1.29 is 4.74 Å². The molecule has 0 saturated carbocycles. The molecular weight excluding hydrogens is 210 g/mol. The second kappa shape index (κ2) is 6.02. The molecule has 0 aliphatic rings. The summed E-state index contributed by atoms with van der Waals surface area (Å²) in [4.78, 5) is 6.74. The van der Waals surface area contributed by atoms with Gasteiger partial charge in [0.25, 0.3) is 0 Å². The minimum Gasteiger partial charge on any atom is -0.384 e. The van der Waals surface area contributed by atoms with E-state index in [-0.39, 0.29) is 0 Å². The average Bonchev–Trinajstić information content (AvgIpc) is 2.64. The highest BCUT2D eigenvalue weighted by atomic mass is 32.1. The average molecular weight is 229 g/mol. The van der Waals surface area contributed by atoms with Gasteiger partial charge in [-0.15, -0.1) is 0 Å². The molecule has 4 nitrogen and oxygen atoms in total. The van der Waals surface area contributed by atoms with Gasteiger partial charge in [0, 0.05) is 37.6 Å². The smallest absolute Gasteiger partial charge is 0.205 e. The Bertz CT molecular complexity index is 288. The van der Waals surface area contributed by atoms with E-state index >= 15 is 0 Å². The minimum absolute atomic E-state index is 0.471. The fourth-order valence-electron chi connectivity index (χ4n) is 1.38. The molecule has 86 valence electrons. The van der Waals surface area contributed by atoms with Crippen molar-refractivity contribution in [1.82, 2.24) is 9.36 Å². The fourth-order valence-corrected chi connectivity index (χ4v) is 2.29. The third-order valence-corrected chi connectivity index (χ3v) is 2.99. The van der Waals surface area contributed by atoms with E-state index in [1.807, 2.05) is 0 Å². The number of aromatic nitrogens is 2. The Labute approximate surface area is 95.4 Å². The van der Waals surface area contributed by atoms with Crippen LogP contribution in [0.15, 0.2) is 0 Å². The molecule has 15 heavy (non-hydrogen) atoms. The molecule has 0 radical (unpaired) electrons. The summed E-state index contributed by atoms with van der Waals surface area (Å²) in [5, 5.41) is 1.01. The zero-order valence-electron chi connectivity index (χ0n) is 9.86. The van der Waals surface area contributed by atoms with Crippen LogP contribution in [0.4, 0.5) is 5.13 Å². The highest BCUT2D eigenvalue weighted by Crippen LogP contribution is 2.19. The molecule has 0 bridgehead atoms. The SMILES string of the molecule is CCN(c1nc(CCOC)ns1)C(C)C. The summed E-state index contributed by atoms with van der Waals surface area (Å²) in [6, 6.07) is 0.471. The quantitative estimate of drug-likeness (QED) is 0.747. The number of nitrogens with zero attached hydrogens (tertiary/aromatic N) is 3. The largest absolute Gasteiger partial charge is 0.384 e. The molecule has 0 N–H and O–H groups in total. The molecule has 0 atom stereocenters. The van der Waals surface area contributed by atoms with E-state index in [0.29, 0.717) is 12.6 Å². The van der Waals surface area contributed by atoms with Crippen LogP contribution in [0, 0.1) is 0 Å². The summed E-state index contributed by atoms with van der Waals surface area (Å²) in [6.07, 6.45) is 0.794. The Balaban J connectivity index is 2.65. The van der Waals surface area contributed by atoms with E-state index in [1.165, 1.54) is 11.5 Å². The first-order chi connectivity index (χ1) is 7.19. The third-order valence-electron chi connectivity index (χ3n) is 2.20. The van der Waals surface area contributed by atoms with Gasteiger partial charge in [-0.25, -0.2) is 4.98 Å². The third kappa shape index (κ3) is 3.43. The van der Waals surface area contributed by atoms with Crippen molar-refractivity contribution in [1.29, 1.82) is 0 Å². The van der Waals surface area contributed by atoms with Gasteiger partial charge in [-0.2, -0.15) is 4.37 Å². The van der Waals surface area contributed by atoms with Crippen LogP contribution in [0.1, 0.15) is 26.6 Å². The van der Waals surface area contributed by atoms with E-state index < -0.39 is 0 Å². The van der Waals surface area contributed by atoms with Crippen LogP contribution < -0.4 is 4.90 Å². The van der Waals surface area contributed by atoms with Crippen molar-refractivity contribution in [2.24, 2.45) is 0 Å². The van der Waals surface area contributed by atoms with E-state index in [4.69, 9.17) is 4.74 Å². The normalized spacial score (nSPS) is 11.0. The standard InChI is InChI=1S/C10H19N3OS/c1-5-13(8(2)3)10-11-9(12-15-10)6-7-14-4/h8H,5-7H2,1-4H3. The van der Waals surface area contributed by atoms with Crippen LogP contribution in [-0.4, -0.2) is 35.7 Å². The molecule has 5 heteroatoms. The van der Waals surface area contributed by atoms with Crippen LogP contribution in [0.5, 0.6) is 0 Å². The lowest BCUT2D eigenvalue weighted by atomic mass is 10.3. The summed E-state index contributed by atoms with van der Waals surface area (Å²) in [5.74, 6) is 0.885. The van der Waals surface area contributed by atoms with Crippen molar-refractivity contribution in [3.8, 4) is 0 Å². The summed E-state index contributed by atoms with van der Waals surface area (Å²) >= 11 is 1.47. The van der Waals surface area contributed by atoms with Gasteiger partial charge in [0.2, 0.25) is 5.13 Å². The lowest BCUT2D eigenvalue weighted by Gasteiger charge is -2.23. The summed E-state index contributed by atoms with van der Waals surface area (Å²) in [5.41, 5.74) is 0. The zero-order valence-corrected chi connectivity index (χ0v) is 10.7. The van der Waals surface area contributed by atoms with E-state index in [9.17, 15) is 0 Å². The van der Waals surface area contributed by atoms with E-state index in [1.54, 1.807) is 7.11 Å². The predicted molar refractivity (Wildman–Crippen MR) is 63.6 cm³/mol. The number of methoxy groups -OCH3 is 1. The van der Waals surface area contributed by atoms with Crippen molar-refractivity contribution in [3.63, 3.8) is 0 Å². The van der Waals surface area contributed by atoms with Crippen molar-refractivity contribution in [2.75, 3.05) is 25.2 Å². The molecule has 0 aliphatic carbocycles. The molecule has 0 fully saturated rings. The molecule has 1 aromatic heterocycles. The van der Waals surface area contributed by atoms with E-state index in [0.717, 1.165) is 23.9 Å². The Morgan fingerprint density at radius 2 is 2.20 bits per heavy atom. The predicted octanol–water partition coefficient (Wildman–Crippen LogP) is 1.96. The van der Waals surface area contributed by atoms with Crippen molar-refractivity contribution in [2.45, 2.75) is 33.2 Å². The summed E-state index contributed by atoms with van der Waals surface area (Å²) in [7, 11) is 1.69. The van der Waals surface area contributed by atoms with Gasteiger partial charge in [0.1, 0.15) is 5.82 Å². The Kier molecular flexibility index (Phi) is 4.98. The fraction of sp³-hybridized carbons (Fsp3) is 0.800. The molecule has 0 spiro atoms. The lowest BCUT2D eigenvalue weighted by Crippen LogP contribution is -2.30. The Morgan fingerprint density at radius 1 is 1.47 bits per heavy atom. The highest BCUT2D eigenvalue weighted by molar-refractivity contribution is 7.09. The first-order valence-corrected chi connectivity index (χ1v) is 6.04. The minimum atomic E-state index is 0.471. The van der Waals surface area contributed by atoms with E-state index in [2.05, 4.69) is 35.0 Å². The van der Waals surface area contributed by atoms with Crippen molar-refractivity contribution in [3.05, 3.63) is 5.82 Å². The van der Waals surface area contributed by atoms with Crippen LogP contribution >= 0.6 is 11.5 Å². The van der Waals surface area contributed by atoms with Crippen molar-refractivity contribution >= 4 is 16.7 Å². The number of ether oxygens (including phenoxy) is 1. The first-order valence-electron chi connectivity index (χ1n) is 5.27. The molecule has 0 saturated heterocycles. The number of hydrogen-bond donors (Lipinski definition) is 0. The molecule has 1 aromatic rings. The Hall–Kier alpha value is -0.680. The maximum atomic E-state index is 5.00. The molecule has 1 heterocycles. The number of rotatable bonds is 6. The molecule has 0 aromatic carbocycles. The first kappa shape index (κ1) is 12.4. The zero-order chi connectivity index (χ0) is 11.3. The van der Waals surface area contributed by atoms with Crippen LogP contribution in [0.25, 0.3) is 0 Å². The molecule has 0 aliphatic heterocycles. The van der Waals surface area contributed by atoms with Gasteiger partial charge in [0.05, 0.1) is 6.61 Å². The summed E-state index contributed by atoms with van der Waals surface area (Å²) in [6.45, 7) is 8.12. The van der Waals surface area contributed by atoms with Crippen LogP contribution in [-0.2, 0) is 11.2 Å². The summed E-state index contributed by atoms with van der Waals surface area (Å²) < 4.78 is 9.31. The van der Waals surface area contributed by atoms with Crippen LogP contribution in [0.3, 0.4) is 0 Å². The topological polar surface area (TPSA) is 38.2 Å². The van der Waals surface area contributed by atoms with Gasteiger partial charge >= 0.3 is 0 Å². The maximum absolute atomic E-state index is 5.00. The highest BCUT2D eigenvalue weighted by Gasteiger charge is 2.13. The number of hydrogen-bond acceptors (Lipinski definition) is 5. The van der Waals surface area contributed by atoms with Crippen LogP contribution in [0.2, 0.25) is 0 Å². The Morgan fingerprint density at radius 3 is 2.73 bits per heavy atom. The molecule has 0 unspecified atom stereocenters. The molecular formula is C10H19N3OS. The number of anilines is 1. The second-order valence-electron chi connectivity index (χ2n) is 3.62. The lowest BCUT2D eigenvalue weighted by molar-refractivity contribution is 0.201. The van der Waals surface area contributed by atoms with Gasteiger partial charge in [-0.1, -0.05) is 0 Å². The second-order valence-corrected chi connectivity index (χ2v) is 4.35. The van der Waals surface area contributed by atoms with Gasteiger partial charge in [0.15, 0.2) is 0 Å². The monoisotopic (exact) mass is 229 g/mol. The van der Waals surface area contributed by atoms with Gasteiger partial charge in [-0.05, 0) is 20.8 Å². The van der Waals surface area contributed by atoms with Gasteiger partial charge < -0.3 is 9.64 Å². The maximum Gasteiger partial charge on any atom is 0.205 e. The molecule has 1 rings (SSSR count). The molecule has 0 amide bonds.